The van der Waals surface area contributed by atoms with E-state index in [2.05, 4.69) is 4.98 Å². The lowest BCUT2D eigenvalue weighted by Crippen LogP contribution is -2.29. The summed E-state index contributed by atoms with van der Waals surface area (Å²) >= 11 is 2.33. The number of hydrogen-bond donors (Lipinski definition) is 1. The Morgan fingerprint density at radius 3 is 2.53 bits per heavy atom. The van der Waals surface area contributed by atoms with Crippen LogP contribution in [0.4, 0.5) is 5.13 Å². The van der Waals surface area contributed by atoms with E-state index in [4.69, 9.17) is 4.74 Å². The average Bonchev–Trinajstić information content (AvgIpc) is 3.47. The zero-order valence-corrected chi connectivity index (χ0v) is 17.6. The number of Topliss-reactive ketones (excluding diaryl/α,β-unsaturated/α-hetero) is 1. The summed E-state index contributed by atoms with van der Waals surface area (Å²) in [6.45, 7) is 1.63. The van der Waals surface area contributed by atoms with E-state index in [9.17, 15) is 19.5 Å². The Bertz CT molecular complexity index is 1170. The molecule has 0 bridgehead atoms. The number of carbonyl (C=O) groups is 3. The van der Waals surface area contributed by atoms with Crippen molar-refractivity contribution in [2.45, 2.75) is 13.0 Å². The van der Waals surface area contributed by atoms with Crippen molar-refractivity contribution in [3.63, 3.8) is 0 Å². The third-order valence-electron chi connectivity index (χ3n) is 4.67. The van der Waals surface area contributed by atoms with Crippen LogP contribution in [-0.4, -0.2) is 34.9 Å². The van der Waals surface area contributed by atoms with Crippen molar-refractivity contribution < 1.29 is 24.2 Å². The zero-order valence-electron chi connectivity index (χ0n) is 16.0. The van der Waals surface area contributed by atoms with Crippen LogP contribution in [0.5, 0.6) is 0 Å². The van der Waals surface area contributed by atoms with Crippen molar-refractivity contribution in [2.75, 3.05) is 12.0 Å². The van der Waals surface area contributed by atoms with Crippen LogP contribution in [0.15, 0.2) is 53.4 Å². The highest BCUT2D eigenvalue weighted by atomic mass is 32.1. The van der Waals surface area contributed by atoms with Gasteiger partial charge in [0.15, 0.2) is 5.13 Å². The number of thiazole rings is 1. The van der Waals surface area contributed by atoms with E-state index in [-0.39, 0.29) is 21.3 Å². The van der Waals surface area contributed by atoms with Gasteiger partial charge in [0.05, 0.1) is 18.4 Å². The van der Waals surface area contributed by atoms with Gasteiger partial charge in [-0.3, -0.25) is 14.5 Å². The normalized spacial score (nSPS) is 18.1. The summed E-state index contributed by atoms with van der Waals surface area (Å²) < 4.78 is 4.77. The molecular weight excluding hydrogens is 424 g/mol. The van der Waals surface area contributed by atoms with Gasteiger partial charge in [-0.05, 0) is 18.4 Å². The predicted octanol–water partition coefficient (Wildman–Crippen LogP) is 3.93. The maximum atomic E-state index is 13.0. The van der Waals surface area contributed by atoms with Crippen LogP contribution in [-0.2, 0) is 14.3 Å². The number of benzene rings is 1. The molecule has 4 rings (SSSR count). The lowest BCUT2D eigenvalue weighted by atomic mass is 10.00. The summed E-state index contributed by atoms with van der Waals surface area (Å²) in [5, 5.41) is 12.9. The Morgan fingerprint density at radius 2 is 1.90 bits per heavy atom. The summed E-state index contributed by atoms with van der Waals surface area (Å²) in [6.07, 6.45) is 0. The fourth-order valence-electron chi connectivity index (χ4n) is 3.26. The van der Waals surface area contributed by atoms with Crippen LogP contribution in [0, 0.1) is 6.92 Å². The molecule has 1 atom stereocenters. The van der Waals surface area contributed by atoms with Crippen LogP contribution >= 0.6 is 22.7 Å². The maximum absolute atomic E-state index is 13.0. The molecule has 1 aliphatic rings. The highest BCUT2D eigenvalue weighted by Crippen LogP contribution is 2.45. The lowest BCUT2D eigenvalue weighted by Gasteiger charge is -2.21. The van der Waals surface area contributed by atoms with Gasteiger partial charge in [0.1, 0.15) is 16.7 Å². The van der Waals surface area contributed by atoms with Crippen molar-refractivity contribution in [3.05, 3.63) is 74.4 Å². The second-order valence-electron chi connectivity index (χ2n) is 6.45. The number of methoxy groups -OCH3 is 1. The Hall–Kier alpha value is -3.30. The van der Waals surface area contributed by atoms with Gasteiger partial charge >= 0.3 is 11.9 Å². The molecule has 152 valence electrons. The first-order chi connectivity index (χ1) is 14.4. The second kappa shape index (κ2) is 7.85. The first kappa shape index (κ1) is 20.0. The summed E-state index contributed by atoms with van der Waals surface area (Å²) in [4.78, 5) is 44.5. The largest absolute Gasteiger partial charge is 0.507 e. The molecule has 1 N–H and O–H groups in total. The molecule has 3 heterocycles. The van der Waals surface area contributed by atoms with Crippen LogP contribution in [0.1, 0.15) is 31.8 Å². The quantitative estimate of drug-likeness (QED) is 0.286. The number of hydrogen-bond acceptors (Lipinski definition) is 8. The summed E-state index contributed by atoms with van der Waals surface area (Å²) in [6, 6.07) is 11.3. The topological polar surface area (TPSA) is 96.8 Å². The molecule has 0 spiro atoms. The predicted molar refractivity (Wildman–Crippen MR) is 114 cm³/mol. The number of aliphatic hydroxyl groups is 1. The van der Waals surface area contributed by atoms with Gasteiger partial charge < -0.3 is 9.84 Å². The Kier molecular flexibility index (Phi) is 5.23. The summed E-state index contributed by atoms with van der Waals surface area (Å²) in [5.41, 5.74) is 0.820. The Morgan fingerprint density at radius 1 is 1.17 bits per heavy atom. The minimum Gasteiger partial charge on any atom is -0.507 e. The maximum Gasteiger partial charge on any atom is 0.350 e. The van der Waals surface area contributed by atoms with Crippen LogP contribution in [0.2, 0.25) is 0 Å². The number of amides is 1. The Balaban J connectivity index is 1.90. The third-order valence-corrected chi connectivity index (χ3v) is 6.73. The standard InChI is InChI=1S/C21H16N2O5S2/c1-11-18(20(27)28-2)30-21(22-11)23-15(13-9-6-10-29-13)14(17(25)19(23)26)16(24)12-7-4-3-5-8-12/h3-10,15,24H,1-2H3/b16-14+. The number of ether oxygens (including phenoxy) is 1. The highest BCUT2D eigenvalue weighted by Gasteiger charge is 2.48. The number of nitrogens with zero attached hydrogens (tertiary/aromatic N) is 2. The van der Waals surface area contributed by atoms with E-state index in [0.29, 0.717) is 16.1 Å². The number of rotatable bonds is 4. The number of aliphatic hydroxyl groups excluding tert-OH is 1. The molecule has 1 amide bonds. The van der Waals surface area contributed by atoms with Gasteiger partial charge in [0, 0.05) is 10.4 Å². The first-order valence-electron chi connectivity index (χ1n) is 8.89. The van der Waals surface area contributed by atoms with E-state index in [1.54, 1.807) is 49.4 Å². The molecule has 1 fully saturated rings. The van der Waals surface area contributed by atoms with Crippen molar-refractivity contribution in [3.8, 4) is 0 Å². The molecule has 1 unspecified atom stereocenters. The number of thiophene rings is 1. The number of aryl methyl sites for hydroxylation is 1. The van der Waals surface area contributed by atoms with Gasteiger partial charge in [0.2, 0.25) is 0 Å². The van der Waals surface area contributed by atoms with E-state index in [1.165, 1.54) is 23.3 Å². The van der Waals surface area contributed by atoms with E-state index < -0.39 is 23.7 Å². The number of ketones is 1. The molecule has 0 saturated carbocycles. The number of aromatic nitrogens is 1. The molecular formula is C21H16N2O5S2. The molecule has 1 aliphatic heterocycles. The monoisotopic (exact) mass is 440 g/mol. The molecule has 30 heavy (non-hydrogen) atoms. The summed E-state index contributed by atoms with van der Waals surface area (Å²) in [7, 11) is 1.26. The van der Waals surface area contributed by atoms with Crippen LogP contribution < -0.4 is 4.90 Å². The Labute approximate surface area is 179 Å². The molecule has 3 aromatic rings. The molecule has 1 saturated heterocycles. The zero-order chi connectivity index (χ0) is 21.4. The van der Waals surface area contributed by atoms with Gasteiger partial charge in [-0.15, -0.1) is 11.3 Å². The van der Waals surface area contributed by atoms with Gasteiger partial charge in [-0.25, -0.2) is 9.78 Å². The molecule has 0 radical (unpaired) electrons. The average molecular weight is 441 g/mol. The first-order valence-corrected chi connectivity index (χ1v) is 10.6. The molecule has 9 heteroatoms. The van der Waals surface area contributed by atoms with E-state index in [0.717, 1.165) is 11.3 Å². The van der Waals surface area contributed by atoms with Gasteiger partial charge in [0.25, 0.3) is 5.78 Å². The molecule has 1 aromatic carbocycles. The number of esters is 1. The van der Waals surface area contributed by atoms with Crippen LogP contribution in [0.3, 0.4) is 0 Å². The second-order valence-corrected chi connectivity index (χ2v) is 8.41. The van der Waals surface area contributed by atoms with Crippen molar-refractivity contribution in [1.82, 2.24) is 4.98 Å². The smallest absolute Gasteiger partial charge is 0.350 e. The lowest BCUT2D eigenvalue weighted by molar-refractivity contribution is -0.132. The number of carbonyl (C=O) groups excluding carboxylic acids is 3. The summed E-state index contributed by atoms with van der Waals surface area (Å²) in [5.74, 6) is -2.43. The fourth-order valence-corrected chi connectivity index (χ4v) is 5.10. The van der Waals surface area contributed by atoms with Crippen molar-refractivity contribution >= 4 is 51.2 Å². The molecule has 0 aliphatic carbocycles. The molecule has 7 nitrogen and oxygen atoms in total. The fraction of sp³-hybridized carbons (Fsp3) is 0.143. The minimum atomic E-state index is -0.846. The van der Waals surface area contributed by atoms with Gasteiger partial charge in [-0.1, -0.05) is 47.7 Å². The highest BCUT2D eigenvalue weighted by molar-refractivity contribution is 7.18. The van der Waals surface area contributed by atoms with E-state index in [1.807, 2.05) is 5.38 Å². The SMILES string of the molecule is COC(=O)c1sc(N2C(=O)C(=O)/C(=C(/O)c3ccccc3)C2c2cccs2)nc1C. The molecule has 2 aromatic heterocycles. The van der Waals surface area contributed by atoms with Crippen LogP contribution in [0.25, 0.3) is 5.76 Å². The van der Waals surface area contributed by atoms with Crippen molar-refractivity contribution in [2.24, 2.45) is 0 Å². The van der Waals surface area contributed by atoms with Gasteiger partial charge in [-0.2, -0.15) is 0 Å². The van der Waals surface area contributed by atoms with Crippen molar-refractivity contribution in [1.29, 1.82) is 0 Å². The van der Waals surface area contributed by atoms with E-state index >= 15 is 0 Å². The minimum absolute atomic E-state index is 0.0129. The third kappa shape index (κ3) is 3.21. The number of anilines is 1.